The molecule has 0 amide bonds. The van der Waals surface area contributed by atoms with Crippen LogP contribution in [0.2, 0.25) is 0 Å². The fourth-order valence-electron chi connectivity index (χ4n) is 2.51. The molecule has 0 spiro atoms. The second-order valence-electron chi connectivity index (χ2n) is 5.42. The van der Waals surface area contributed by atoms with Gasteiger partial charge in [-0.15, -0.1) is 11.3 Å². The average molecular weight is 334 g/mol. The van der Waals surface area contributed by atoms with Crippen molar-refractivity contribution in [2.45, 2.75) is 6.92 Å². The number of aromatic amines is 1. The zero-order valence-electron chi connectivity index (χ0n) is 12.9. The summed E-state index contributed by atoms with van der Waals surface area (Å²) in [6.45, 7) is 1.94. The van der Waals surface area contributed by atoms with Gasteiger partial charge in [-0.25, -0.2) is 9.67 Å². The smallest absolute Gasteiger partial charge is 0.259 e. The highest BCUT2D eigenvalue weighted by Crippen LogP contribution is 2.19. The third-order valence-corrected chi connectivity index (χ3v) is 4.56. The van der Waals surface area contributed by atoms with Crippen molar-refractivity contribution in [1.29, 1.82) is 0 Å². The largest absolute Gasteiger partial charge is 0.306 e. The van der Waals surface area contributed by atoms with Crippen LogP contribution in [0.1, 0.15) is 18.3 Å². The standard InChI is InChI=1S/C18H14N4OS/c1-12(16-20-17(23)15-7-10-24-18(15)21-16)11-13-3-5-14(6-4-13)22-9-2-8-19-22/h2-11H,1H3,(H,20,21,23). The van der Waals surface area contributed by atoms with Crippen molar-refractivity contribution < 1.29 is 0 Å². The first-order chi connectivity index (χ1) is 11.7. The first-order valence-corrected chi connectivity index (χ1v) is 8.35. The van der Waals surface area contributed by atoms with E-state index in [9.17, 15) is 4.79 Å². The SMILES string of the molecule is CC(=Cc1ccc(-n2cccn2)cc1)c1nc2sccc2c(=O)[nH]1. The lowest BCUT2D eigenvalue weighted by molar-refractivity contribution is 0.880. The minimum Gasteiger partial charge on any atom is -0.306 e. The minimum absolute atomic E-state index is 0.0990. The predicted octanol–water partition coefficient (Wildman–Crippen LogP) is 3.73. The highest BCUT2D eigenvalue weighted by atomic mass is 32.1. The van der Waals surface area contributed by atoms with Gasteiger partial charge in [-0.2, -0.15) is 5.10 Å². The number of hydrogen-bond acceptors (Lipinski definition) is 4. The molecule has 6 heteroatoms. The molecule has 0 aliphatic carbocycles. The van der Waals surface area contributed by atoms with Gasteiger partial charge >= 0.3 is 0 Å². The van der Waals surface area contributed by atoms with E-state index >= 15 is 0 Å². The number of H-pyrrole nitrogens is 1. The summed E-state index contributed by atoms with van der Waals surface area (Å²) in [4.78, 5) is 20.2. The number of thiophene rings is 1. The molecule has 0 saturated heterocycles. The van der Waals surface area contributed by atoms with Crippen LogP contribution < -0.4 is 5.56 Å². The number of aromatic nitrogens is 4. The Morgan fingerprint density at radius 1 is 1.25 bits per heavy atom. The molecule has 0 radical (unpaired) electrons. The summed E-state index contributed by atoms with van der Waals surface area (Å²) in [5.41, 5.74) is 2.85. The number of nitrogens with zero attached hydrogens (tertiary/aromatic N) is 3. The zero-order valence-corrected chi connectivity index (χ0v) is 13.7. The first kappa shape index (κ1) is 14.6. The molecule has 118 valence electrons. The maximum absolute atomic E-state index is 12.1. The van der Waals surface area contributed by atoms with Crippen LogP contribution in [0.3, 0.4) is 0 Å². The predicted molar refractivity (Wildman–Crippen MR) is 97.3 cm³/mol. The molecule has 3 aromatic heterocycles. The normalized spacial score (nSPS) is 12.0. The Balaban J connectivity index is 1.67. The van der Waals surface area contributed by atoms with E-state index in [4.69, 9.17) is 0 Å². The van der Waals surface area contributed by atoms with Gasteiger partial charge in [0.1, 0.15) is 10.7 Å². The molecule has 0 aliphatic rings. The van der Waals surface area contributed by atoms with E-state index in [1.165, 1.54) is 11.3 Å². The Morgan fingerprint density at radius 2 is 2.08 bits per heavy atom. The Bertz CT molecular complexity index is 1070. The molecule has 4 aromatic rings. The van der Waals surface area contributed by atoms with Gasteiger partial charge in [-0.05, 0) is 53.8 Å². The maximum atomic E-state index is 12.1. The molecule has 0 aliphatic heterocycles. The summed E-state index contributed by atoms with van der Waals surface area (Å²) in [5.74, 6) is 0.603. The highest BCUT2D eigenvalue weighted by Gasteiger charge is 2.06. The van der Waals surface area contributed by atoms with Crippen molar-refractivity contribution in [2.75, 3.05) is 0 Å². The molecule has 0 unspecified atom stereocenters. The fourth-order valence-corrected chi connectivity index (χ4v) is 3.28. The van der Waals surface area contributed by atoms with Gasteiger partial charge in [0.15, 0.2) is 0 Å². The topological polar surface area (TPSA) is 63.6 Å². The highest BCUT2D eigenvalue weighted by molar-refractivity contribution is 7.16. The number of hydrogen-bond donors (Lipinski definition) is 1. The van der Waals surface area contributed by atoms with Gasteiger partial charge in [-0.1, -0.05) is 12.1 Å². The van der Waals surface area contributed by atoms with Crippen LogP contribution in [0.4, 0.5) is 0 Å². The van der Waals surface area contributed by atoms with Crippen LogP contribution in [-0.4, -0.2) is 19.7 Å². The van der Waals surface area contributed by atoms with E-state index in [2.05, 4.69) is 15.1 Å². The van der Waals surface area contributed by atoms with Gasteiger partial charge in [0.25, 0.3) is 5.56 Å². The van der Waals surface area contributed by atoms with Crippen molar-refractivity contribution in [3.05, 3.63) is 75.9 Å². The van der Waals surface area contributed by atoms with Gasteiger partial charge in [0.2, 0.25) is 0 Å². The summed E-state index contributed by atoms with van der Waals surface area (Å²) in [5, 5.41) is 6.73. The Hall–Kier alpha value is -2.99. The van der Waals surface area contributed by atoms with Crippen molar-refractivity contribution in [1.82, 2.24) is 19.7 Å². The monoisotopic (exact) mass is 334 g/mol. The Morgan fingerprint density at radius 3 is 2.83 bits per heavy atom. The summed E-state index contributed by atoms with van der Waals surface area (Å²) in [6, 6.07) is 11.7. The molecule has 0 saturated carbocycles. The molecule has 4 rings (SSSR count). The summed E-state index contributed by atoms with van der Waals surface area (Å²) >= 11 is 1.47. The molecule has 0 fully saturated rings. The van der Waals surface area contributed by atoms with Crippen molar-refractivity contribution in [2.24, 2.45) is 0 Å². The molecule has 24 heavy (non-hydrogen) atoms. The van der Waals surface area contributed by atoms with Crippen molar-refractivity contribution in [3.8, 4) is 5.69 Å². The molecule has 0 bridgehead atoms. The third kappa shape index (κ3) is 2.68. The van der Waals surface area contributed by atoms with Crippen LogP contribution >= 0.6 is 11.3 Å². The quantitative estimate of drug-likeness (QED) is 0.621. The van der Waals surface area contributed by atoms with Gasteiger partial charge in [-0.3, -0.25) is 4.79 Å². The van der Waals surface area contributed by atoms with E-state index in [0.717, 1.165) is 21.7 Å². The van der Waals surface area contributed by atoms with Crippen LogP contribution in [0.15, 0.2) is 59.0 Å². The van der Waals surface area contributed by atoms with Crippen molar-refractivity contribution >= 4 is 33.2 Å². The number of allylic oxidation sites excluding steroid dienone is 1. The minimum atomic E-state index is -0.0990. The van der Waals surface area contributed by atoms with E-state index in [1.807, 2.05) is 59.6 Å². The average Bonchev–Trinajstić information content (AvgIpc) is 3.27. The van der Waals surface area contributed by atoms with Crippen LogP contribution in [0.25, 0.3) is 27.6 Å². The van der Waals surface area contributed by atoms with Crippen LogP contribution in [0.5, 0.6) is 0 Å². The maximum Gasteiger partial charge on any atom is 0.259 e. The number of rotatable bonds is 3. The lowest BCUT2D eigenvalue weighted by Crippen LogP contribution is -2.09. The second kappa shape index (κ2) is 5.90. The molecular formula is C18H14N4OS. The summed E-state index contributed by atoms with van der Waals surface area (Å²) in [6.07, 6.45) is 5.66. The van der Waals surface area contributed by atoms with Gasteiger partial charge in [0, 0.05) is 12.4 Å². The molecule has 1 aromatic carbocycles. The molecule has 1 N–H and O–H groups in total. The lowest BCUT2D eigenvalue weighted by atomic mass is 10.1. The van der Waals surface area contributed by atoms with Gasteiger partial charge < -0.3 is 4.98 Å². The number of fused-ring (bicyclic) bond motifs is 1. The van der Waals surface area contributed by atoms with Crippen LogP contribution in [0, 0.1) is 0 Å². The number of nitrogens with one attached hydrogen (secondary N) is 1. The molecule has 3 heterocycles. The Kier molecular flexibility index (Phi) is 3.59. The van der Waals surface area contributed by atoms with E-state index < -0.39 is 0 Å². The summed E-state index contributed by atoms with van der Waals surface area (Å²) in [7, 11) is 0. The van der Waals surface area contributed by atoms with Crippen LogP contribution in [-0.2, 0) is 0 Å². The third-order valence-electron chi connectivity index (χ3n) is 3.75. The van der Waals surface area contributed by atoms with E-state index in [1.54, 1.807) is 12.3 Å². The van der Waals surface area contributed by atoms with E-state index in [0.29, 0.717) is 11.2 Å². The number of benzene rings is 1. The second-order valence-corrected chi connectivity index (χ2v) is 6.32. The van der Waals surface area contributed by atoms with Gasteiger partial charge in [0.05, 0.1) is 11.1 Å². The van der Waals surface area contributed by atoms with E-state index in [-0.39, 0.29) is 5.56 Å². The summed E-state index contributed by atoms with van der Waals surface area (Å²) < 4.78 is 1.81. The van der Waals surface area contributed by atoms with Crippen molar-refractivity contribution in [3.63, 3.8) is 0 Å². The lowest BCUT2D eigenvalue weighted by Gasteiger charge is -2.04. The molecule has 0 atom stereocenters. The Labute approximate surface area is 141 Å². The fraction of sp³-hybridized carbons (Fsp3) is 0.0556. The molecule has 5 nitrogen and oxygen atoms in total. The zero-order chi connectivity index (χ0) is 16.5. The first-order valence-electron chi connectivity index (χ1n) is 7.47. The molecular weight excluding hydrogens is 320 g/mol.